The zero-order valence-electron chi connectivity index (χ0n) is 12.9. The van der Waals surface area contributed by atoms with Gasteiger partial charge in [0.15, 0.2) is 0 Å². The molecule has 0 aliphatic carbocycles. The quantitative estimate of drug-likeness (QED) is 0.284. The molecule has 0 radical (unpaired) electrons. The number of nitrogens with zero attached hydrogens (tertiary/aromatic N) is 3. The number of hydrogen-bond acceptors (Lipinski definition) is 6. The van der Waals surface area contributed by atoms with Crippen molar-refractivity contribution in [2.45, 2.75) is 0 Å². The Morgan fingerprint density at radius 1 is 1.36 bits per heavy atom. The zero-order valence-corrected chi connectivity index (χ0v) is 12.9. The Balaban J connectivity index is 2.23. The highest BCUT2D eigenvalue weighted by Gasteiger charge is 2.22. The lowest BCUT2D eigenvalue weighted by atomic mass is 10.1. The largest absolute Gasteiger partial charge is 0.432 e. The van der Waals surface area contributed by atoms with Gasteiger partial charge in [-0.3, -0.25) is 10.2 Å². The number of fused-ring (bicyclic) bond motifs is 1. The molecule has 3 aromatic rings. The molecule has 0 aliphatic rings. The van der Waals surface area contributed by atoms with E-state index in [4.69, 9.17) is 16.1 Å². The van der Waals surface area contributed by atoms with E-state index in [-0.39, 0.29) is 22.8 Å². The van der Waals surface area contributed by atoms with Crippen LogP contribution in [0.3, 0.4) is 0 Å². The summed E-state index contributed by atoms with van der Waals surface area (Å²) in [6.45, 7) is 3.65. The summed E-state index contributed by atoms with van der Waals surface area (Å²) in [5.74, 6) is 9.67. The molecule has 0 spiro atoms. The molecule has 7 nitrogen and oxygen atoms in total. The van der Waals surface area contributed by atoms with Crippen molar-refractivity contribution >= 4 is 11.6 Å². The van der Waals surface area contributed by atoms with E-state index in [0.717, 1.165) is 18.2 Å². The number of rotatable bonds is 5. The number of benzene rings is 1. The highest BCUT2D eigenvalue weighted by Crippen LogP contribution is 2.28. The summed E-state index contributed by atoms with van der Waals surface area (Å²) >= 11 is 0. The van der Waals surface area contributed by atoms with Crippen LogP contribution in [-0.2, 0) is 0 Å². The maximum absolute atomic E-state index is 14.2. The topological polar surface area (TPSA) is 107 Å². The molecule has 3 rings (SSSR count). The van der Waals surface area contributed by atoms with Gasteiger partial charge >= 0.3 is 5.84 Å². The van der Waals surface area contributed by atoms with E-state index in [1.807, 2.05) is 0 Å². The van der Waals surface area contributed by atoms with Crippen LogP contribution in [0, 0.1) is 11.6 Å². The van der Waals surface area contributed by atoms with E-state index in [0.29, 0.717) is 11.4 Å². The molecule has 0 unspecified atom stereocenters. The second kappa shape index (κ2) is 6.57. The van der Waals surface area contributed by atoms with Gasteiger partial charge in [0.2, 0.25) is 0 Å². The summed E-state index contributed by atoms with van der Waals surface area (Å²) in [6, 6.07) is 3.08. The Kier molecular flexibility index (Phi) is 4.31. The van der Waals surface area contributed by atoms with Crippen molar-refractivity contribution in [3.05, 3.63) is 72.4 Å². The van der Waals surface area contributed by atoms with Crippen LogP contribution in [0.5, 0.6) is 0 Å². The molecule has 0 amide bonds. The molecule has 0 atom stereocenters. The Morgan fingerprint density at radius 3 is 2.88 bits per heavy atom. The first kappa shape index (κ1) is 16.4. The van der Waals surface area contributed by atoms with E-state index < -0.39 is 11.6 Å². The minimum absolute atomic E-state index is 0.0424. The lowest BCUT2D eigenvalue weighted by molar-refractivity contribution is 0.594. The van der Waals surface area contributed by atoms with Gasteiger partial charge in [-0.2, -0.15) is 10.1 Å². The second-order valence-electron chi connectivity index (χ2n) is 5.01. The molecule has 0 saturated heterocycles. The van der Waals surface area contributed by atoms with Gasteiger partial charge in [0.25, 0.3) is 0 Å². The van der Waals surface area contributed by atoms with Crippen LogP contribution < -0.4 is 17.1 Å². The summed E-state index contributed by atoms with van der Waals surface area (Å²) in [5.41, 5.74) is 3.42. The maximum atomic E-state index is 14.2. The van der Waals surface area contributed by atoms with E-state index in [2.05, 4.69) is 22.1 Å². The average Bonchev–Trinajstić information content (AvgIpc) is 3.19. The lowest BCUT2D eigenvalue weighted by Gasteiger charge is -2.05. The number of imidazole rings is 1. The van der Waals surface area contributed by atoms with Crippen LogP contribution in [0.2, 0.25) is 0 Å². The fourth-order valence-corrected chi connectivity index (χ4v) is 2.31. The zero-order chi connectivity index (χ0) is 18.0. The molecule has 0 aliphatic heterocycles. The number of allylic oxidation sites excluding steroid dienone is 2. The third-order valence-corrected chi connectivity index (χ3v) is 3.46. The Morgan fingerprint density at radius 2 is 2.16 bits per heavy atom. The number of hydrogen-bond donors (Lipinski definition) is 3. The number of nitrogens with one attached hydrogen (secondary N) is 1. The van der Waals surface area contributed by atoms with Gasteiger partial charge in [-0.25, -0.2) is 8.78 Å². The SMILES string of the molecule is C=C(/C=C\C(=N/N)c1c(-c2cc(F)ccc2F)nc2occn12)NN. The van der Waals surface area contributed by atoms with Crippen molar-refractivity contribution < 1.29 is 13.2 Å². The van der Waals surface area contributed by atoms with E-state index in [1.54, 1.807) is 6.20 Å². The molecule has 5 N–H and O–H groups in total. The maximum Gasteiger partial charge on any atom is 0.306 e. The van der Waals surface area contributed by atoms with Crippen LogP contribution in [-0.4, -0.2) is 15.1 Å². The predicted molar refractivity (Wildman–Crippen MR) is 89.1 cm³/mol. The number of aromatic nitrogens is 2. The molecule has 1 aromatic carbocycles. The molecule has 0 saturated carbocycles. The van der Waals surface area contributed by atoms with Crippen molar-refractivity contribution in [1.29, 1.82) is 0 Å². The van der Waals surface area contributed by atoms with Crippen molar-refractivity contribution in [2.24, 2.45) is 16.8 Å². The highest BCUT2D eigenvalue weighted by atomic mass is 19.1. The van der Waals surface area contributed by atoms with Crippen LogP contribution in [0.15, 0.2) is 64.6 Å². The summed E-state index contributed by atoms with van der Waals surface area (Å²) in [7, 11) is 0. The normalized spacial score (nSPS) is 12.2. The average molecular weight is 344 g/mol. The van der Waals surface area contributed by atoms with Crippen LogP contribution in [0.25, 0.3) is 17.1 Å². The third kappa shape index (κ3) is 3.00. The van der Waals surface area contributed by atoms with Crippen molar-refractivity contribution in [3.8, 4) is 11.3 Å². The third-order valence-electron chi connectivity index (χ3n) is 3.46. The van der Waals surface area contributed by atoms with Gasteiger partial charge in [-0.1, -0.05) is 6.58 Å². The molecule has 2 aromatic heterocycles. The number of halogens is 2. The summed E-state index contributed by atoms with van der Waals surface area (Å²) in [5, 5.41) is 3.71. The summed E-state index contributed by atoms with van der Waals surface area (Å²) in [4.78, 5) is 4.22. The van der Waals surface area contributed by atoms with Gasteiger partial charge in [-0.15, -0.1) is 0 Å². The molecule has 2 heterocycles. The molecule has 0 bridgehead atoms. The number of nitrogens with two attached hydrogens (primary N) is 2. The molecule has 25 heavy (non-hydrogen) atoms. The Hall–Kier alpha value is -3.46. The van der Waals surface area contributed by atoms with Gasteiger partial charge < -0.3 is 15.7 Å². The van der Waals surface area contributed by atoms with Crippen LogP contribution in [0.1, 0.15) is 5.69 Å². The summed E-state index contributed by atoms with van der Waals surface area (Å²) < 4.78 is 34.6. The Bertz CT molecular complexity index is 1000. The highest BCUT2D eigenvalue weighted by molar-refractivity contribution is 6.11. The first-order valence-electron chi connectivity index (χ1n) is 7.08. The van der Waals surface area contributed by atoms with Crippen molar-refractivity contribution in [3.63, 3.8) is 0 Å². The number of oxazole rings is 1. The van der Waals surface area contributed by atoms with E-state index >= 15 is 0 Å². The Labute approximate surface area is 140 Å². The number of hydrazone groups is 1. The molecular weight excluding hydrogens is 330 g/mol. The minimum atomic E-state index is -0.642. The van der Waals surface area contributed by atoms with Gasteiger partial charge in [-0.05, 0) is 30.4 Å². The first-order chi connectivity index (χ1) is 12.0. The van der Waals surface area contributed by atoms with Gasteiger partial charge in [0, 0.05) is 17.5 Å². The van der Waals surface area contributed by atoms with E-state index in [1.165, 1.54) is 22.8 Å². The summed E-state index contributed by atoms with van der Waals surface area (Å²) in [6.07, 6.45) is 6.00. The number of hydrazine groups is 1. The van der Waals surface area contributed by atoms with Crippen LogP contribution in [0.4, 0.5) is 8.78 Å². The van der Waals surface area contributed by atoms with Crippen LogP contribution >= 0.6 is 0 Å². The first-order valence-corrected chi connectivity index (χ1v) is 7.08. The smallest absolute Gasteiger partial charge is 0.306 e. The standard InChI is InChI=1S/C16H14F2N6O/c1-9(22-19)2-5-13(23-20)15-14(21-16-24(15)6-7-25-16)11-8-10(17)3-4-12(11)18/h2-8,22H,1,19-20H2/b5-2-,23-13+. The van der Waals surface area contributed by atoms with Gasteiger partial charge in [0.1, 0.15) is 35.0 Å². The fourth-order valence-electron chi connectivity index (χ4n) is 2.31. The van der Waals surface area contributed by atoms with Crippen molar-refractivity contribution in [1.82, 2.24) is 14.8 Å². The second-order valence-corrected chi connectivity index (χ2v) is 5.01. The van der Waals surface area contributed by atoms with E-state index in [9.17, 15) is 8.78 Å². The predicted octanol–water partition coefficient (Wildman–Crippen LogP) is 2.07. The monoisotopic (exact) mass is 344 g/mol. The molecular formula is C16H14F2N6O. The van der Waals surface area contributed by atoms with Crippen molar-refractivity contribution in [2.75, 3.05) is 0 Å². The minimum Gasteiger partial charge on any atom is -0.432 e. The van der Waals surface area contributed by atoms with Gasteiger partial charge in [0.05, 0.1) is 0 Å². The fraction of sp³-hybridized carbons (Fsp3) is 0. The molecule has 128 valence electrons. The molecule has 9 heteroatoms. The lowest BCUT2D eigenvalue weighted by Crippen LogP contribution is -2.19. The molecule has 0 fully saturated rings.